The molecule has 2 aliphatic rings. The summed E-state index contributed by atoms with van der Waals surface area (Å²) in [5, 5.41) is 19.8. The molecule has 2 bridgehead atoms. The highest BCUT2D eigenvalue weighted by molar-refractivity contribution is 5.78. The number of ether oxygens (including phenoxy) is 1. The van der Waals surface area contributed by atoms with Crippen molar-refractivity contribution in [3.8, 4) is 0 Å². The van der Waals surface area contributed by atoms with Gasteiger partial charge in [-0.2, -0.15) is 0 Å². The molecule has 2 fully saturated rings. The van der Waals surface area contributed by atoms with Crippen LogP contribution in [0.15, 0.2) is 30.3 Å². The van der Waals surface area contributed by atoms with E-state index in [1.807, 2.05) is 30.3 Å². The molecule has 0 spiro atoms. The maximum atomic E-state index is 12.5. The first-order valence-corrected chi connectivity index (χ1v) is 8.31. The van der Waals surface area contributed by atoms with Gasteiger partial charge in [0.15, 0.2) is 0 Å². The molecule has 5 heteroatoms. The van der Waals surface area contributed by atoms with Gasteiger partial charge in [0.25, 0.3) is 0 Å². The van der Waals surface area contributed by atoms with Gasteiger partial charge in [-0.05, 0) is 5.56 Å². The number of fused-ring (bicyclic) bond motifs is 2. The zero-order valence-electron chi connectivity index (χ0n) is 13.8. The number of hydrogen-bond donors (Lipinski definition) is 2. The first-order valence-electron chi connectivity index (χ1n) is 8.31. The minimum atomic E-state index is -0.636. The Morgan fingerprint density at radius 1 is 1.26 bits per heavy atom. The highest BCUT2D eigenvalue weighted by Crippen LogP contribution is 2.41. The SMILES string of the molecule is C[N+]1(C)[C@H]2C[C@H](OC(=O)[C@H](CO)c3ccccc3)C[C@H]1[C@@H](O)C2. The predicted octanol–water partition coefficient (Wildman–Crippen LogP) is 1.05. The van der Waals surface area contributed by atoms with Gasteiger partial charge < -0.3 is 19.4 Å². The molecule has 126 valence electrons. The Labute approximate surface area is 137 Å². The van der Waals surface area contributed by atoms with E-state index in [4.69, 9.17) is 4.74 Å². The molecule has 0 unspecified atom stereocenters. The third-order valence-electron chi connectivity index (χ3n) is 5.74. The maximum Gasteiger partial charge on any atom is 0.316 e. The number of rotatable bonds is 4. The molecule has 1 aromatic rings. The lowest BCUT2D eigenvalue weighted by Gasteiger charge is -2.44. The average molecular weight is 320 g/mol. The fourth-order valence-corrected chi connectivity index (χ4v) is 4.23. The van der Waals surface area contributed by atoms with E-state index in [0.29, 0.717) is 12.5 Å². The van der Waals surface area contributed by atoms with Crippen LogP contribution in [-0.2, 0) is 9.53 Å². The number of aliphatic hydroxyl groups is 2. The summed E-state index contributed by atoms with van der Waals surface area (Å²) in [7, 11) is 4.29. The number of nitrogens with zero attached hydrogens (tertiary/aromatic N) is 1. The molecule has 2 aliphatic heterocycles. The van der Waals surface area contributed by atoms with Crippen LogP contribution in [0.1, 0.15) is 30.7 Å². The van der Waals surface area contributed by atoms with Crippen LogP contribution < -0.4 is 0 Å². The lowest BCUT2D eigenvalue weighted by Crippen LogP contribution is -2.57. The van der Waals surface area contributed by atoms with Gasteiger partial charge in [-0.3, -0.25) is 4.79 Å². The molecule has 2 saturated heterocycles. The average Bonchev–Trinajstić information content (AvgIpc) is 2.65. The summed E-state index contributed by atoms with van der Waals surface area (Å²) >= 11 is 0. The second kappa shape index (κ2) is 6.23. The van der Waals surface area contributed by atoms with Crippen molar-refractivity contribution in [1.82, 2.24) is 0 Å². The number of quaternary nitrogens is 1. The van der Waals surface area contributed by atoms with Gasteiger partial charge in [0, 0.05) is 19.3 Å². The van der Waals surface area contributed by atoms with Crippen molar-refractivity contribution < 1.29 is 24.2 Å². The van der Waals surface area contributed by atoms with Crippen molar-refractivity contribution in [3.63, 3.8) is 0 Å². The number of aliphatic hydroxyl groups excluding tert-OH is 2. The van der Waals surface area contributed by atoms with Gasteiger partial charge in [-0.25, -0.2) is 0 Å². The lowest BCUT2D eigenvalue weighted by atomic mass is 9.96. The van der Waals surface area contributed by atoms with E-state index in [-0.39, 0.29) is 30.8 Å². The molecule has 2 N–H and O–H groups in total. The Morgan fingerprint density at radius 2 is 1.96 bits per heavy atom. The Bertz CT molecular complexity index is 559. The number of hydrogen-bond acceptors (Lipinski definition) is 4. The van der Waals surface area contributed by atoms with E-state index < -0.39 is 5.92 Å². The normalized spacial score (nSPS) is 33.2. The molecule has 2 heterocycles. The van der Waals surface area contributed by atoms with Crippen LogP contribution in [0.3, 0.4) is 0 Å². The summed E-state index contributed by atoms with van der Waals surface area (Å²) in [5.41, 5.74) is 0.773. The van der Waals surface area contributed by atoms with Crippen LogP contribution >= 0.6 is 0 Å². The number of piperidine rings is 1. The first-order chi connectivity index (χ1) is 10.9. The lowest BCUT2D eigenvalue weighted by molar-refractivity contribution is -0.932. The third kappa shape index (κ3) is 3.01. The van der Waals surface area contributed by atoms with Crippen LogP contribution in [0.5, 0.6) is 0 Å². The van der Waals surface area contributed by atoms with Gasteiger partial charge in [0.05, 0.1) is 26.7 Å². The molecular formula is C18H26NO4+. The van der Waals surface area contributed by atoms with E-state index >= 15 is 0 Å². The van der Waals surface area contributed by atoms with Crippen LogP contribution in [0.25, 0.3) is 0 Å². The smallest absolute Gasteiger partial charge is 0.316 e. The fraction of sp³-hybridized carbons (Fsp3) is 0.611. The molecule has 0 aliphatic carbocycles. The van der Waals surface area contributed by atoms with Crippen LogP contribution in [-0.4, -0.2) is 65.7 Å². The highest BCUT2D eigenvalue weighted by Gasteiger charge is 2.55. The van der Waals surface area contributed by atoms with Crippen molar-refractivity contribution in [1.29, 1.82) is 0 Å². The van der Waals surface area contributed by atoms with Crippen molar-refractivity contribution in [2.24, 2.45) is 0 Å². The summed E-state index contributed by atoms with van der Waals surface area (Å²) in [5.74, 6) is -1.01. The minimum absolute atomic E-state index is 0.121. The van der Waals surface area contributed by atoms with E-state index in [0.717, 1.165) is 22.9 Å². The summed E-state index contributed by atoms with van der Waals surface area (Å²) in [6, 6.07) is 9.68. The van der Waals surface area contributed by atoms with E-state index in [1.165, 1.54) is 0 Å². The molecule has 0 saturated carbocycles. The Kier molecular flexibility index (Phi) is 4.45. The summed E-state index contributed by atoms with van der Waals surface area (Å²) in [4.78, 5) is 12.5. The fourth-order valence-electron chi connectivity index (χ4n) is 4.23. The van der Waals surface area contributed by atoms with Crippen molar-refractivity contribution in [3.05, 3.63) is 35.9 Å². The molecule has 5 nitrogen and oxygen atoms in total. The third-order valence-corrected chi connectivity index (χ3v) is 5.74. The topological polar surface area (TPSA) is 66.8 Å². The summed E-state index contributed by atoms with van der Waals surface area (Å²) in [6.07, 6.45) is 1.75. The van der Waals surface area contributed by atoms with Crippen LogP contribution in [0, 0.1) is 0 Å². The van der Waals surface area contributed by atoms with Gasteiger partial charge in [0.2, 0.25) is 0 Å². The number of benzene rings is 1. The van der Waals surface area contributed by atoms with E-state index in [1.54, 1.807) is 0 Å². The first kappa shape index (κ1) is 16.4. The Balaban J connectivity index is 1.67. The van der Waals surface area contributed by atoms with Crippen molar-refractivity contribution in [2.45, 2.75) is 49.5 Å². The van der Waals surface area contributed by atoms with Gasteiger partial charge >= 0.3 is 5.97 Å². The predicted molar refractivity (Wildman–Crippen MR) is 85.7 cm³/mol. The van der Waals surface area contributed by atoms with E-state index in [2.05, 4.69) is 14.1 Å². The molecule has 3 rings (SSSR count). The molecule has 0 amide bonds. The second-order valence-corrected chi connectivity index (χ2v) is 7.33. The quantitative estimate of drug-likeness (QED) is 0.643. The van der Waals surface area contributed by atoms with Crippen LogP contribution in [0.4, 0.5) is 0 Å². The number of carbonyl (C=O) groups excluding carboxylic acids is 1. The van der Waals surface area contributed by atoms with Crippen molar-refractivity contribution >= 4 is 5.97 Å². The molecule has 0 aromatic heterocycles. The maximum absolute atomic E-state index is 12.5. The standard InChI is InChI=1S/C18H26NO4/c1-19(2)13-8-14(10-16(19)17(21)9-13)23-18(22)15(11-20)12-6-4-3-5-7-12/h3-7,13-17,20-21H,8-11H2,1-2H3/q+1/t13-,14-,15+,16-,17-/m0/s1. The molecular weight excluding hydrogens is 294 g/mol. The van der Waals surface area contributed by atoms with Gasteiger partial charge in [-0.1, -0.05) is 30.3 Å². The highest BCUT2D eigenvalue weighted by atomic mass is 16.5. The Morgan fingerprint density at radius 3 is 2.57 bits per heavy atom. The van der Waals surface area contributed by atoms with Crippen LogP contribution in [0.2, 0.25) is 0 Å². The van der Waals surface area contributed by atoms with Crippen molar-refractivity contribution in [2.75, 3.05) is 20.7 Å². The summed E-state index contributed by atoms with van der Waals surface area (Å²) < 4.78 is 6.50. The zero-order chi connectivity index (χ0) is 16.6. The van der Waals surface area contributed by atoms with Gasteiger partial charge in [-0.15, -0.1) is 0 Å². The number of carbonyl (C=O) groups is 1. The molecule has 5 atom stereocenters. The monoisotopic (exact) mass is 320 g/mol. The summed E-state index contributed by atoms with van der Waals surface area (Å²) in [6.45, 7) is -0.257. The number of likely N-dealkylation sites (N-methyl/N-ethyl adjacent to an activating group) is 1. The molecule has 23 heavy (non-hydrogen) atoms. The second-order valence-electron chi connectivity index (χ2n) is 7.33. The molecule has 1 aromatic carbocycles. The zero-order valence-corrected chi connectivity index (χ0v) is 13.8. The molecule has 0 radical (unpaired) electrons. The largest absolute Gasteiger partial charge is 0.461 e. The van der Waals surface area contributed by atoms with E-state index in [9.17, 15) is 15.0 Å². The minimum Gasteiger partial charge on any atom is -0.461 e. The number of esters is 1. The van der Waals surface area contributed by atoms with Gasteiger partial charge in [0.1, 0.15) is 24.2 Å². The Hall–Kier alpha value is -1.43.